The number of hydrogen-bond donors (Lipinski definition) is 1. The lowest BCUT2D eigenvalue weighted by Crippen LogP contribution is -2.66. The van der Waals surface area contributed by atoms with Crippen LogP contribution in [0, 0.1) is 23.7 Å². The predicted octanol–water partition coefficient (Wildman–Crippen LogP) is 6.11. The van der Waals surface area contributed by atoms with Gasteiger partial charge in [-0.15, -0.1) is 0 Å². The summed E-state index contributed by atoms with van der Waals surface area (Å²) in [5.41, 5.74) is 0.965. The molecule has 0 heterocycles. The fourth-order valence-electron chi connectivity index (χ4n) is 4.39. The Morgan fingerprint density at radius 1 is 1.00 bits per heavy atom. The van der Waals surface area contributed by atoms with Gasteiger partial charge in [0.15, 0.2) is 0 Å². The molecule has 2 atom stereocenters. The highest BCUT2D eigenvalue weighted by atomic mass is 28.4. The molecule has 0 aliphatic rings. The van der Waals surface area contributed by atoms with Gasteiger partial charge in [-0.05, 0) is 46.2 Å². The zero-order chi connectivity index (χ0) is 25.2. The van der Waals surface area contributed by atoms with Gasteiger partial charge in [-0.3, -0.25) is 0 Å². The Morgan fingerprint density at radius 2 is 1.53 bits per heavy atom. The van der Waals surface area contributed by atoms with Crippen molar-refractivity contribution in [2.45, 2.75) is 65.5 Å². The van der Waals surface area contributed by atoms with E-state index < -0.39 is 14.4 Å². The third kappa shape index (κ3) is 7.57. The Morgan fingerprint density at radius 3 is 1.97 bits per heavy atom. The number of benzene rings is 2. The normalized spacial score (nSPS) is 14.0. The number of rotatable bonds is 10. The van der Waals surface area contributed by atoms with E-state index in [1.54, 1.807) is 6.92 Å². The molecule has 0 aliphatic carbocycles. The molecule has 34 heavy (non-hydrogen) atoms. The van der Waals surface area contributed by atoms with Gasteiger partial charge in [0.2, 0.25) is 0 Å². The van der Waals surface area contributed by atoms with Crippen molar-refractivity contribution in [3.63, 3.8) is 0 Å². The van der Waals surface area contributed by atoms with Crippen LogP contribution in [0.25, 0.3) is 0 Å². The topological polar surface area (TPSA) is 29.5 Å². The molecule has 2 nitrogen and oxygen atoms in total. The van der Waals surface area contributed by atoms with Crippen molar-refractivity contribution >= 4 is 18.7 Å². The molecule has 182 valence electrons. The van der Waals surface area contributed by atoms with Crippen LogP contribution in [0.15, 0.2) is 85.0 Å². The number of hydrogen-bond acceptors (Lipinski definition) is 2. The molecule has 0 fully saturated rings. The van der Waals surface area contributed by atoms with Gasteiger partial charge in [0.1, 0.15) is 6.10 Å². The van der Waals surface area contributed by atoms with E-state index in [-0.39, 0.29) is 5.04 Å². The molecule has 0 aliphatic heterocycles. The van der Waals surface area contributed by atoms with Crippen LogP contribution in [-0.4, -0.2) is 26.1 Å². The molecule has 2 rings (SSSR count). The third-order valence-electron chi connectivity index (χ3n) is 6.25. The lowest BCUT2D eigenvalue weighted by Gasteiger charge is -2.43. The maximum atomic E-state index is 9.31. The van der Waals surface area contributed by atoms with E-state index in [1.165, 1.54) is 10.4 Å². The Bertz CT molecular complexity index is 933. The molecule has 0 radical (unpaired) electrons. The molecule has 0 amide bonds. The van der Waals surface area contributed by atoms with Gasteiger partial charge >= 0.3 is 0 Å². The Labute approximate surface area is 208 Å². The summed E-state index contributed by atoms with van der Waals surface area (Å²) in [6.45, 7) is 18.0. The van der Waals surface area contributed by atoms with Gasteiger partial charge in [0.25, 0.3) is 8.32 Å². The number of allylic oxidation sites excluding steroid dienone is 3. The smallest absolute Gasteiger partial charge is 0.261 e. The Kier molecular flexibility index (Phi) is 10.6. The van der Waals surface area contributed by atoms with Crippen LogP contribution < -0.4 is 10.4 Å². The lowest BCUT2D eigenvalue weighted by molar-refractivity contribution is 0.253. The van der Waals surface area contributed by atoms with Crippen molar-refractivity contribution in [1.82, 2.24) is 0 Å². The molecule has 1 N–H and O–H groups in total. The van der Waals surface area contributed by atoms with Gasteiger partial charge < -0.3 is 9.53 Å². The zero-order valence-corrected chi connectivity index (χ0v) is 22.8. The first-order valence-electron chi connectivity index (χ1n) is 12.4. The van der Waals surface area contributed by atoms with E-state index in [1.807, 2.05) is 0 Å². The number of aliphatic hydroxyl groups excluding tert-OH is 1. The van der Waals surface area contributed by atoms with E-state index >= 15 is 0 Å². The van der Waals surface area contributed by atoms with Crippen molar-refractivity contribution < 1.29 is 9.53 Å². The van der Waals surface area contributed by atoms with Crippen molar-refractivity contribution in [1.29, 1.82) is 0 Å². The van der Waals surface area contributed by atoms with Gasteiger partial charge in [-0.2, -0.15) is 0 Å². The second kappa shape index (κ2) is 12.9. The first-order chi connectivity index (χ1) is 16.1. The summed E-state index contributed by atoms with van der Waals surface area (Å²) in [6.07, 6.45) is 5.27. The van der Waals surface area contributed by atoms with Crippen molar-refractivity contribution in [3.8, 4) is 11.8 Å². The standard InChI is InChI=1S/C31H42O2Si/c1-25(2)28(22-21-26(3)15-14-16-27(4)32)23-24-33-34(31(5,6)7,29-17-10-8-11-18-29)30-19-12-9-13-20-30/h8-13,17-22,25,27-28,32H,3,15,23-24H2,1-2,4-7H3/b22-21+/t27?,28-/m0/s1. The second-order valence-electron chi connectivity index (χ2n) is 10.4. The third-order valence-corrected chi connectivity index (χ3v) is 11.3. The van der Waals surface area contributed by atoms with Crippen LogP contribution in [-0.2, 0) is 4.43 Å². The van der Waals surface area contributed by atoms with Crippen molar-refractivity contribution in [3.05, 3.63) is 85.0 Å². The Balaban J connectivity index is 2.25. The molecule has 0 spiro atoms. The SMILES string of the molecule is C=C(/C=C/[C@@H](CCO[Si](c1ccccc1)(c1ccccc1)C(C)(C)C)C(C)C)CC#CC(C)O. The molecule has 0 saturated carbocycles. The quantitative estimate of drug-likeness (QED) is 0.256. The van der Waals surface area contributed by atoms with E-state index in [9.17, 15) is 5.11 Å². The van der Waals surface area contributed by atoms with E-state index in [2.05, 4.69) is 126 Å². The number of aliphatic hydroxyl groups is 1. The van der Waals surface area contributed by atoms with Crippen LogP contribution in [0.5, 0.6) is 0 Å². The maximum absolute atomic E-state index is 9.31. The fourth-order valence-corrected chi connectivity index (χ4v) is 8.97. The molecule has 0 saturated heterocycles. The molecule has 1 unspecified atom stereocenters. The van der Waals surface area contributed by atoms with Crippen molar-refractivity contribution in [2.75, 3.05) is 6.61 Å². The monoisotopic (exact) mass is 474 g/mol. The lowest BCUT2D eigenvalue weighted by atomic mass is 9.92. The van der Waals surface area contributed by atoms with E-state index in [4.69, 9.17) is 4.43 Å². The van der Waals surface area contributed by atoms with Crippen LogP contribution >= 0.6 is 0 Å². The predicted molar refractivity (Wildman–Crippen MR) is 149 cm³/mol. The molecule has 2 aromatic rings. The maximum Gasteiger partial charge on any atom is 0.261 e. The van der Waals surface area contributed by atoms with Crippen LogP contribution in [0.3, 0.4) is 0 Å². The van der Waals surface area contributed by atoms with Crippen LogP contribution in [0.2, 0.25) is 5.04 Å². The van der Waals surface area contributed by atoms with Crippen LogP contribution in [0.4, 0.5) is 0 Å². The molecular formula is C31H42O2Si. The summed E-state index contributed by atoms with van der Waals surface area (Å²) in [4.78, 5) is 0. The van der Waals surface area contributed by atoms with Gasteiger partial charge in [-0.1, -0.05) is 126 Å². The Hall–Kier alpha value is -2.38. The van der Waals surface area contributed by atoms with Crippen molar-refractivity contribution in [2.24, 2.45) is 11.8 Å². The molecule has 0 bridgehead atoms. The minimum absolute atomic E-state index is 0.0182. The minimum atomic E-state index is -2.51. The first-order valence-corrected chi connectivity index (χ1v) is 14.3. The second-order valence-corrected chi connectivity index (χ2v) is 14.7. The highest BCUT2D eigenvalue weighted by molar-refractivity contribution is 6.99. The summed E-state index contributed by atoms with van der Waals surface area (Å²) in [6, 6.07) is 21.6. The van der Waals surface area contributed by atoms with E-state index in [0.29, 0.717) is 24.9 Å². The largest absolute Gasteiger partial charge is 0.407 e. The summed E-state index contributed by atoms with van der Waals surface area (Å²) < 4.78 is 7.08. The zero-order valence-electron chi connectivity index (χ0n) is 21.8. The fraction of sp³-hybridized carbons (Fsp3) is 0.419. The minimum Gasteiger partial charge on any atom is -0.407 e. The highest BCUT2D eigenvalue weighted by Crippen LogP contribution is 2.37. The first kappa shape index (κ1) is 27.9. The van der Waals surface area contributed by atoms with Gasteiger partial charge in [0.05, 0.1) is 0 Å². The van der Waals surface area contributed by atoms with E-state index in [0.717, 1.165) is 12.0 Å². The highest BCUT2D eigenvalue weighted by Gasteiger charge is 2.50. The van der Waals surface area contributed by atoms with Gasteiger partial charge in [0, 0.05) is 13.0 Å². The summed E-state index contributed by atoms with van der Waals surface area (Å²) in [5, 5.41) is 11.9. The van der Waals surface area contributed by atoms with Gasteiger partial charge in [-0.25, -0.2) is 0 Å². The van der Waals surface area contributed by atoms with Crippen LogP contribution in [0.1, 0.15) is 54.4 Å². The molecule has 3 heteroatoms. The summed E-state index contributed by atoms with van der Waals surface area (Å²) in [7, 11) is -2.51. The molecule has 2 aromatic carbocycles. The average Bonchev–Trinajstić information content (AvgIpc) is 2.78. The molecular weight excluding hydrogens is 432 g/mol. The average molecular weight is 475 g/mol. The summed E-state index contributed by atoms with van der Waals surface area (Å²) in [5.74, 6) is 6.65. The summed E-state index contributed by atoms with van der Waals surface area (Å²) >= 11 is 0. The molecule has 0 aromatic heterocycles.